The monoisotopic (exact) mass is 338 g/mol. The molecule has 0 saturated carbocycles. The summed E-state index contributed by atoms with van der Waals surface area (Å²) in [7, 11) is 1.55. The molecule has 0 atom stereocenters. The SMILES string of the molecule is CNC(=O)c1ccc(NCCCc2ccc(Cl)cc2Cl)nn1. The van der Waals surface area contributed by atoms with E-state index >= 15 is 0 Å². The van der Waals surface area contributed by atoms with Gasteiger partial charge in [-0.05, 0) is 42.7 Å². The van der Waals surface area contributed by atoms with Crippen molar-refractivity contribution in [1.82, 2.24) is 15.5 Å². The first-order chi connectivity index (χ1) is 10.6. The van der Waals surface area contributed by atoms with Gasteiger partial charge in [-0.15, -0.1) is 10.2 Å². The minimum Gasteiger partial charge on any atom is -0.369 e. The summed E-state index contributed by atoms with van der Waals surface area (Å²) in [4.78, 5) is 11.3. The number of hydrogen-bond acceptors (Lipinski definition) is 4. The molecule has 0 spiro atoms. The van der Waals surface area contributed by atoms with Crippen molar-refractivity contribution in [3.05, 3.63) is 51.6 Å². The molecule has 116 valence electrons. The molecule has 2 rings (SSSR count). The van der Waals surface area contributed by atoms with Crippen LogP contribution < -0.4 is 10.6 Å². The molecule has 0 bridgehead atoms. The highest BCUT2D eigenvalue weighted by Crippen LogP contribution is 2.22. The lowest BCUT2D eigenvalue weighted by atomic mass is 10.1. The van der Waals surface area contributed by atoms with Crippen molar-refractivity contribution in [2.45, 2.75) is 12.8 Å². The second-order valence-electron chi connectivity index (χ2n) is 4.65. The lowest BCUT2D eigenvalue weighted by Crippen LogP contribution is -2.19. The third-order valence-electron chi connectivity index (χ3n) is 3.07. The Labute approximate surface area is 139 Å². The fourth-order valence-corrected chi connectivity index (χ4v) is 2.40. The molecule has 22 heavy (non-hydrogen) atoms. The molecule has 0 aliphatic heterocycles. The summed E-state index contributed by atoms with van der Waals surface area (Å²) >= 11 is 12.0. The zero-order chi connectivity index (χ0) is 15.9. The third kappa shape index (κ3) is 4.58. The summed E-state index contributed by atoms with van der Waals surface area (Å²) in [5.74, 6) is 0.381. The van der Waals surface area contributed by atoms with E-state index in [1.807, 2.05) is 12.1 Å². The van der Waals surface area contributed by atoms with Gasteiger partial charge >= 0.3 is 0 Å². The average Bonchev–Trinajstić information content (AvgIpc) is 2.53. The van der Waals surface area contributed by atoms with Crippen molar-refractivity contribution in [1.29, 1.82) is 0 Å². The first-order valence-electron chi connectivity index (χ1n) is 6.84. The maximum absolute atomic E-state index is 11.3. The Bertz CT molecular complexity index is 646. The zero-order valence-electron chi connectivity index (χ0n) is 12.1. The van der Waals surface area contributed by atoms with E-state index in [4.69, 9.17) is 23.2 Å². The number of carbonyl (C=O) groups excluding carboxylic acids is 1. The van der Waals surface area contributed by atoms with Crippen LogP contribution in [0.5, 0.6) is 0 Å². The quantitative estimate of drug-likeness (QED) is 0.793. The van der Waals surface area contributed by atoms with Crippen molar-refractivity contribution < 1.29 is 4.79 Å². The summed E-state index contributed by atoms with van der Waals surface area (Å²) in [6.45, 7) is 0.729. The van der Waals surface area contributed by atoms with Gasteiger partial charge in [0.15, 0.2) is 5.69 Å². The number of carbonyl (C=O) groups is 1. The molecule has 1 heterocycles. The number of nitrogens with zero attached hydrogens (tertiary/aromatic N) is 2. The van der Waals surface area contributed by atoms with E-state index in [1.165, 1.54) is 0 Å². The van der Waals surface area contributed by atoms with Gasteiger partial charge in [-0.1, -0.05) is 29.3 Å². The number of benzene rings is 1. The minimum absolute atomic E-state index is 0.253. The molecule has 2 N–H and O–H groups in total. The predicted octanol–water partition coefficient (Wildman–Crippen LogP) is 3.19. The van der Waals surface area contributed by atoms with E-state index in [2.05, 4.69) is 20.8 Å². The van der Waals surface area contributed by atoms with Crippen LogP contribution in [0.15, 0.2) is 30.3 Å². The number of aromatic nitrogens is 2. The smallest absolute Gasteiger partial charge is 0.271 e. The van der Waals surface area contributed by atoms with Crippen LogP contribution in [0.1, 0.15) is 22.5 Å². The third-order valence-corrected chi connectivity index (χ3v) is 3.66. The van der Waals surface area contributed by atoms with Crippen LogP contribution in [0.25, 0.3) is 0 Å². The highest BCUT2D eigenvalue weighted by atomic mass is 35.5. The number of hydrogen-bond donors (Lipinski definition) is 2. The van der Waals surface area contributed by atoms with Gasteiger partial charge in [-0.3, -0.25) is 4.79 Å². The summed E-state index contributed by atoms with van der Waals surface area (Å²) in [5, 5.41) is 14.8. The number of halogens is 2. The van der Waals surface area contributed by atoms with Gasteiger partial charge in [0, 0.05) is 23.6 Å². The molecule has 0 aliphatic rings. The van der Waals surface area contributed by atoms with Crippen LogP contribution in [0.3, 0.4) is 0 Å². The topological polar surface area (TPSA) is 66.9 Å². The second-order valence-corrected chi connectivity index (χ2v) is 5.49. The van der Waals surface area contributed by atoms with Crippen LogP contribution in [0, 0.1) is 0 Å². The van der Waals surface area contributed by atoms with Crippen molar-refractivity contribution in [3.8, 4) is 0 Å². The number of anilines is 1. The zero-order valence-corrected chi connectivity index (χ0v) is 13.6. The van der Waals surface area contributed by atoms with Crippen LogP contribution in [0.2, 0.25) is 10.0 Å². The molecule has 7 heteroatoms. The highest BCUT2D eigenvalue weighted by Gasteiger charge is 2.05. The fraction of sp³-hybridized carbons (Fsp3) is 0.267. The Hall–Kier alpha value is -1.85. The van der Waals surface area contributed by atoms with Crippen molar-refractivity contribution in [2.24, 2.45) is 0 Å². The Kier molecular flexibility index (Phi) is 5.98. The highest BCUT2D eigenvalue weighted by molar-refractivity contribution is 6.35. The Balaban J connectivity index is 1.80. The first kappa shape index (κ1) is 16.5. The van der Waals surface area contributed by atoms with E-state index < -0.39 is 0 Å². The molecular formula is C15H16Cl2N4O. The number of aryl methyl sites for hydroxylation is 1. The largest absolute Gasteiger partial charge is 0.369 e. The van der Waals surface area contributed by atoms with Crippen LogP contribution in [-0.4, -0.2) is 29.7 Å². The van der Waals surface area contributed by atoms with E-state index in [1.54, 1.807) is 25.2 Å². The van der Waals surface area contributed by atoms with Crippen LogP contribution >= 0.6 is 23.2 Å². The van der Waals surface area contributed by atoms with Gasteiger partial charge in [0.05, 0.1) is 0 Å². The van der Waals surface area contributed by atoms with E-state index in [0.717, 1.165) is 24.9 Å². The number of rotatable bonds is 6. The summed E-state index contributed by atoms with van der Waals surface area (Å²) in [6.07, 6.45) is 1.73. The molecule has 0 aliphatic carbocycles. The molecule has 0 fully saturated rings. The predicted molar refractivity (Wildman–Crippen MR) is 88.7 cm³/mol. The Morgan fingerprint density at radius 2 is 2.00 bits per heavy atom. The molecule has 1 amide bonds. The molecule has 0 unspecified atom stereocenters. The van der Waals surface area contributed by atoms with Gasteiger partial charge in [0.1, 0.15) is 5.82 Å². The van der Waals surface area contributed by atoms with Crippen molar-refractivity contribution >= 4 is 34.9 Å². The summed E-state index contributed by atoms with van der Waals surface area (Å²) in [5.41, 5.74) is 1.36. The number of amides is 1. The Morgan fingerprint density at radius 1 is 1.18 bits per heavy atom. The van der Waals surface area contributed by atoms with E-state index in [-0.39, 0.29) is 5.91 Å². The molecule has 1 aromatic carbocycles. The first-order valence-corrected chi connectivity index (χ1v) is 7.59. The molecule has 2 aromatic rings. The fourth-order valence-electron chi connectivity index (χ4n) is 1.90. The lowest BCUT2D eigenvalue weighted by molar-refractivity contribution is 0.0957. The molecule has 1 aromatic heterocycles. The molecule has 0 saturated heterocycles. The average molecular weight is 339 g/mol. The van der Waals surface area contributed by atoms with Crippen molar-refractivity contribution in [3.63, 3.8) is 0 Å². The van der Waals surface area contributed by atoms with Gasteiger partial charge in [0.25, 0.3) is 5.91 Å². The van der Waals surface area contributed by atoms with Crippen molar-refractivity contribution in [2.75, 3.05) is 18.9 Å². The minimum atomic E-state index is -0.253. The van der Waals surface area contributed by atoms with Gasteiger partial charge in [-0.25, -0.2) is 0 Å². The van der Waals surface area contributed by atoms with Gasteiger partial charge < -0.3 is 10.6 Å². The normalized spacial score (nSPS) is 10.3. The molecular weight excluding hydrogens is 323 g/mol. The summed E-state index contributed by atoms with van der Waals surface area (Å²) in [6, 6.07) is 8.87. The van der Waals surface area contributed by atoms with E-state index in [0.29, 0.717) is 21.6 Å². The maximum Gasteiger partial charge on any atom is 0.271 e. The standard InChI is InChI=1S/C15H16Cl2N4O/c1-18-15(22)13-6-7-14(21-20-13)19-8-2-3-10-4-5-11(16)9-12(10)17/h4-7,9H,2-3,8H2,1H3,(H,18,22)(H,19,21). The van der Waals surface area contributed by atoms with Gasteiger partial charge in [-0.2, -0.15) is 0 Å². The number of nitrogens with one attached hydrogen (secondary N) is 2. The van der Waals surface area contributed by atoms with Crippen LogP contribution in [0.4, 0.5) is 5.82 Å². The maximum atomic E-state index is 11.3. The molecule has 5 nitrogen and oxygen atoms in total. The lowest BCUT2D eigenvalue weighted by Gasteiger charge is -2.07. The van der Waals surface area contributed by atoms with Gasteiger partial charge in [0.2, 0.25) is 0 Å². The second kappa shape index (κ2) is 7.96. The van der Waals surface area contributed by atoms with E-state index in [9.17, 15) is 4.79 Å². The Morgan fingerprint density at radius 3 is 2.64 bits per heavy atom. The molecule has 0 radical (unpaired) electrons. The summed E-state index contributed by atoms with van der Waals surface area (Å²) < 4.78 is 0. The van der Waals surface area contributed by atoms with Crippen LogP contribution in [-0.2, 0) is 6.42 Å².